The number of hydrogen-bond donors (Lipinski definition) is 2. The second kappa shape index (κ2) is 8.94. The number of aryl methyl sites for hydroxylation is 1. The van der Waals surface area contributed by atoms with E-state index in [-0.39, 0.29) is 0 Å². The lowest BCUT2D eigenvalue weighted by Gasteiger charge is -2.15. The summed E-state index contributed by atoms with van der Waals surface area (Å²) in [5, 5.41) is 6.58. The Bertz CT molecular complexity index is 921. The maximum absolute atomic E-state index is 5.39. The maximum atomic E-state index is 5.39. The van der Waals surface area contributed by atoms with E-state index in [1.54, 1.807) is 21.3 Å². The molecule has 0 unspecified atom stereocenters. The molecule has 146 valence electrons. The van der Waals surface area contributed by atoms with Crippen LogP contribution in [-0.4, -0.2) is 31.3 Å². The average molecular weight is 380 g/mol. The average Bonchev–Trinajstić information content (AvgIpc) is 2.72. The highest BCUT2D eigenvalue weighted by atomic mass is 16.5. The van der Waals surface area contributed by atoms with Crippen molar-refractivity contribution >= 4 is 17.3 Å². The Labute approximate surface area is 164 Å². The first-order valence-electron chi connectivity index (χ1n) is 8.82. The van der Waals surface area contributed by atoms with Crippen molar-refractivity contribution in [2.45, 2.75) is 13.5 Å². The van der Waals surface area contributed by atoms with Crippen molar-refractivity contribution in [3.8, 4) is 17.2 Å². The smallest absolute Gasteiger partial charge is 0.203 e. The SMILES string of the molecule is COc1cc(Nc2cc(NCc3ccccc3C)ncn2)cc(OC)c1OC. The first-order valence-corrected chi connectivity index (χ1v) is 8.82. The van der Waals surface area contributed by atoms with Gasteiger partial charge in [-0.2, -0.15) is 0 Å². The Hall–Kier alpha value is -3.48. The van der Waals surface area contributed by atoms with Gasteiger partial charge in [0.15, 0.2) is 11.5 Å². The van der Waals surface area contributed by atoms with Gasteiger partial charge in [0.2, 0.25) is 5.75 Å². The van der Waals surface area contributed by atoms with E-state index in [9.17, 15) is 0 Å². The monoisotopic (exact) mass is 380 g/mol. The second-order valence-electron chi connectivity index (χ2n) is 6.11. The number of hydrogen-bond acceptors (Lipinski definition) is 7. The Morgan fingerprint density at radius 1 is 0.857 bits per heavy atom. The van der Waals surface area contributed by atoms with Crippen LogP contribution in [0.5, 0.6) is 17.2 Å². The van der Waals surface area contributed by atoms with Crippen molar-refractivity contribution in [1.82, 2.24) is 9.97 Å². The van der Waals surface area contributed by atoms with Crippen molar-refractivity contribution in [3.05, 3.63) is 59.9 Å². The highest BCUT2D eigenvalue weighted by Gasteiger charge is 2.13. The summed E-state index contributed by atoms with van der Waals surface area (Å²) >= 11 is 0. The molecule has 0 atom stereocenters. The molecule has 7 nitrogen and oxygen atoms in total. The van der Waals surface area contributed by atoms with E-state index in [1.165, 1.54) is 17.5 Å². The number of rotatable bonds is 8. The van der Waals surface area contributed by atoms with Gasteiger partial charge in [-0.15, -0.1) is 0 Å². The number of aromatic nitrogens is 2. The molecule has 0 aliphatic rings. The van der Waals surface area contributed by atoms with Gasteiger partial charge in [0.25, 0.3) is 0 Å². The fourth-order valence-corrected chi connectivity index (χ4v) is 2.82. The van der Waals surface area contributed by atoms with E-state index in [0.29, 0.717) is 29.6 Å². The third kappa shape index (κ3) is 4.43. The normalized spacial score (nSPS) is 10.3. The molecule has 7 heteroatoms. The molecule has 0 saturated heterocycles. The predicted molar refractivity (Wildman–Crippen MR) is 110 cm³/mol. The highest BCUT2D eigenvalue weighted by Crippen LogP contribution is 2.40. The van der Waals surface area contributed by atoms with E-state index in [0.717, 1.165) is 11.5 Å². The summed E-state index contributed by atoms with van der Waals surface area (Å²) in [6, 6.07) is 13.7. The topological polar surface area (TPSA) is 77.5 Å². The second-order valence-corrected chi connectivity index (χ2v) is 6.11. The Morgan fingerprint density at radius 2 is 1.54 bits per heavy atom. The Morgan fingerprint density at radius 3 is 2.18 bits per heavy atom. The zero-order valence-electron chi connectivity index (χ0n) is 16.4. The largest absolute Gasteiger partial charge is 0.493 e. The van der Waals surface area contributed by atoms with Gasteiger partial charge in [0.1, 0.15) is 18.0 Å². The summed E-state index contributed by atoms with van der Waals surface area (Å²) < 4.78 is 16.1. The van der Waals surface area contributed by atoms with Crippen LogP contribution in [-0.2, 0) is 6.54 Å². The summed E-state index contributed by atoms with van der Waals surface area (Å²) in [5.41, 5.74) is 3.22. The van der Waals surface area contributed by atoms with Crippen LogP contribution in [0.2, 0.25) is 0 Å². The van der Waals surface area contributed by atoms with E-state index >= 15 is 0 Å². The molecule has 2 aromatic carbocycles. The first kappa shape index (κ1) is 19.3. The van der Waals surface area contributed by atoms with E-state index in [2.05, 4.69) is 39.7 Å². The molecule has 0 radical (unpaired) electrons. The van der Waals surface area contributed by atoms with Crippen molar-refractivity contribution in [2.24, 2.45) is 0 Å². The van der Waals surface area contributed by atoms with E-state index in [4.69, 9.17) is 14.2 Å². The van der Waals surface area contributed by atoms with Crippen LogP contribution < -0.4 is 24.8 Å². The van der Waals surface area contributed by atoms with Crippen LogP contribution >= 0.6 is 0 Å². The molecule has 1 aromatic heterocycles. The lowest BCUT2D eigenvalue weighted by atomic mass is 10.1. The van der Waals surface area contributed by atoms with Crippen LogP contribution in [0.4, 0.5) is 17.3 Å². The van der Waals surface area contributed by atoms with Gasteiger partial charge in [-0.25, -0.2) is 9.97 Å². The van der Waals surface area contributed by atoms with Crippen molar-refractivity contribution in [2.75, 3.05) is 32.0 Å². The lowest BCUT2D eigenvalue weighted by Crippen LogP contribution is -2.04. The summed E-state index contributed by atoms with van der Waals surface area (Å²) in [6.07, 6.45) is 1.51. The van der Waals surface area contributed by atoms with Crippen molar-refractivity contribution < 1.29 is 14.2 Å². The quantitative estimate of drug-likeness (QED) is 0.607. The highest BCUT2D eigenvalue weighted by molar-refractivity contribution is 5.67. The lowest BCUT2D eigenvalue weighted by molar-refractivity contribution is 0.324. The van der Waals surface area contributed by atoms with Crippen LogP contribution in [0.25, 0.3) is 0 Å². The minimum atomic E-state index is 0.541. The third-order valence-electron chi connectivity index (χ3n) is 4.33. The molecule has 0 spiro atoms. The fraction of sp³-hybridized carbons (Fsp3) is 0.238. The number of anilines is 3. The molecule has 0 aliphatic carbocycles. The van der Waals surface area contributed by atoms with Crippen LogP contribution in [0.3, 0.4) is 0 Å². The third-order valence-corrected chi connectivity index (χ3v) is 4.33. The molecule has 0 aliphatic heterocycles. The number of benzene rings is 2. The van der Waals surface area contributed by atoms with Gasteiger partial charge in [0, 0.05) is 30.4 Å². The van der Waals surface area contributed by atoms with E-state index in [1.807, 2.05) is 30.3 Å². The molecule has 0 amide bonds. The first-order chi connectivity index (χ1) is 13.6. The Kier molecular flexibility index (Phi) is 6.16. The van der Waals surface area contributed by atoms with Gasteiger partial charge in [-0.3, -0.25) is 0 Å². The van der Waals surface area contributed by atoms with E-state index < -0.39 is 0 Å². The summed E-state index contributed by atoms with van der Waals surface area (Å²) in [5.74, 6) is 3.05. The van der Waals surface area contributed by atoms with Crippen LogP contribution in [0.1, 0.15) is 11.1 Å². The van der Waals surface area contributed by atoms with Gasteiger partial charge in [-0.1, -0.05) is 24.3 Å². The van der Waals surface area contributed by atoms with Gasteiger partial charge >= 0.3 is 0 Å². The molecule has 28 heavy (non-hydrogen) atoms. The van der Waals surface area contributed by atoms with Gasteiger partial charge < -0.3 is 24.8 Å². The fourth-order valence-electron chi connectivity index (χ4n) is 2.82. The maximum Gasteiger partial charge on any atom is 0.203 e. The zero-order chi connectivity index (χ0) is 19.9. The minimum Gasteiger partial charge on any atom is -0.493 e. The molecule has 0 bridgehead atoms. The molecule has 3 aromatic rings. The van der Waals surface area contributed by atoms with Gasteiger partial charge in [0.05, 0.1) is 21.3 Å². The summed E-state index contributed by atoms with van der Waals surface area (Å²) in [7, 11) is 4.74. The molecular weight excluding hydrogens is 356 g/mol. The number of ether oxygens (including phenoxy) is 3. The standard InChI is InChI=1S/C21H24N4O3/c1-14-7-5-6-8-15(14)12-22-19-11-20(24-13-23-19)25-16-9-17(26-2)21(28-4)18(10-16)27-3/h5-11,13H,12H2,1-4H3,(H2,22,23,24,25). The molecule has 3 rings (SSSR count). The summed E-state index contributed by atoms with van der Waals surface area (Å²) in [6.45, 7) is 2.78. The van der Waals surface area contributed by atoms with Crippen molar-refractivity contribution in [3.63, 3.8) is 0 Å². The van der Waals surface area contributed by atoms with Crippen LogP contribution in [0.15, 0.2) is 48.8 Å². The minimum absolute atomic E-state index is 0.541. The van der Waals surface area contributed by atoms with Gasteiger partial charge in [-0.05, 0) is 18.1 Å². The van der Waals surface area contributed by atoms with Crippen LogP contribution in [0, 0.1) is 6.92 Å². The number of nitrogens with zero attached hydrogens (tertiary/aromatic N) is 2. The predicted octanol–water partition coefficient (Wildman–Crippen LogP) is 4.17. The number of nitrogens with one attached hydrogen (secondary N) is 2. The number of methoxy groups -OCH3 is 3. The summed E-state index contributed by atoms with van der Waals surface area (Å²) in [4.78, 5) is 8.57. The molecule has 0 fully saturated rings. The Balaban J connectivity index is 1.77. The zero-order valence-corrected chi connectivity index (χ0v) is 16.4. The van der Waals surface area contributed by atoms with Crippen molar-refractivity contribution in [1.29, 1.82) is 0 Å². The molecule has 2 N–H and O–H groups in total. The molecule has 1 heterocycles. The molecular formula is C21H24N4O3. The molecule has 0 saturated carbocycles.